The Morgan fingerprint density at radius 2 is 1.14 bits per heavy atom. The first kappa shape index (κ1) is 33.0. The number of halogens is 16. The zero-order valence-corrected chi connectivity index (χ0v) is 16.8. The lowest BCUT2D eigenvalue weighted by atomic mass is 9.88. The minimum absolute atomic E-state index is 0.463. The number of carbonyl (C=O) groups excluding carboxylic acids is 1. The lowest BCUT2D eigenvalue weighted by Crippen LogP contribution is -2.73. The Bertz CT molecular complexity index is 777. The van der Waals surface area contributed by atoms with E-state index in [9.17, 15) is 75.0 Å². The third-order valence-electron chi connectivity index (χ3n) is 4.34. The number of esters is 1. The Morgan fingerprint density at radius 1 is 0.771 bits per heavy atom. The first-order valence-corrected chi connectivity index (χ1v) is 8.60. The largest absolute Gasteiger partial charge is 0.457 e. The van der Waals surface area contributed by atoms with Gasteiger partial charge in [0.2, 0.25) is 0 Å². The van der Waals surface area contributed by atoms with Gasteiger partial charge in [-0.25, -0.2) is 13.6 Å². The molecule has 208 valence electrons. The van der Waals surface area contributed by atoms with Crippen LogP contribution in [-0.4, -0.2) is 71.7 Å². The van der Waals surface area contributed by atoms with Crippen LogP contribution in [0.5, 0.6) is 0 Å². The van der Waals surface area contributed by atoms with Gasteiger partial charge < -0.3 is 9.84 Å². The first-order valence-electron chi connectivity index (χ1n) is 8.60. The number of ether oxygens (including phenoxy) is 1. The summed E-state index contributed by atoms with van der Waals surface area (Å²) < 4.78 is 216. The molecule has 0 spiro atoms. The van der Waals surface area contributed by atoms with Gasteiger partial charge in [-0.3, -0.25) is 0 Å². The molecule has 0 aromatic heterocycles. The van der Waals surface area contributed by atoms with Crippen molar-refractivity contribution < 1.29 is 84.9 Å². The van der Waals surface area contributed by atoms with Crippen LogP contribution in [0.2, 0.25) is 0 Å². The average molecular weight is 558 g/mol. The van der Waals surface area contributed by atoms with Crippen molar-refractivity contribution in [2.45, 2.75) is 73.8 Å². The van der Waals surface area contributed by atoms with Crippen molar-refractivity contribution in [2.24, 2.45) is 0 Å². The molecule has 1 atom stereocenters. The molecule has 0 rings (SSSR count). The SMILES string of the molecule is C=C(C)C(=O)OC(CO)CCC(F)(F)C(F)(F)C(F)(F)C(F)(F)C(F)(F)C(F)(F)C(F)(F)C(F)F. The molecule has 0 aliphatic heterocycles. The topological polar surface area (TPSA) is 46.5 Å². The van der Waals surface area contributed by atoms with E-state index < -0.39 is 85.0 Å². The molecule has 0 aliphatic carbocycles. The van der Waals surface area contributed by atoms with E-state index in [1.165, 1.54) is 0 Å². The van der Waals surface area contributed by atoms with Crippen LogP contribution in [0, 0.1) is 0 Å². The molecule has 0 radical (unpaired) electrons. The molecule has 0 saturated heterocycles. The van der Waals surface area contributed by atoms with Crippen LogP contribution >= 0.6 is 0 Å². The van der Waals surface area contributed by atoms with Crippen molar-refractivity contribution in [1.82, 2.24) is 0 Å². The van der Waals surface area contributed by atoms with E-state index in [4.69, 9.17) is 5.11 Å². The molecule has 19 heteroatoms. The Balaban J connectivity index is 6.27. The molecule has 0 fully saturated rings. The van der Waals surface area contributed by atoms with Crippen LogP contribution in [0.25, 0.3) is 0 Å². The van der Waals surface area contributed by atoms with E-state index in [1.54, 1.807) is 0 Å². The third-order valence-corrected chi connectivity index (χ3v) is 4.34. The van der Waals surface area contributed by atoms with Gasteiger partial charge in [-0.1, -0.05) is 6.58 Å². The van der Waals surface area contributed by atoms with E-state index in [1.807, 2.05) is 0 Å². The number of carbonyl (C=O) groups is 1. The highest BCUT2D eigenvalue weighted by molar-refractivity contribution is 5.87. The average Bonchev–Trinajstić information content (AvgIpc) is 2.69. The fraction of sp³-hybridized carbons (Fsp3) is 0.812. The van der Waals surface area contributed by atoms with Gasteiger partial charge in [0.25, 0.3) is 0 Å². The van der Waals surface area contributed by atoms with Gasteiger partial charge in [0, 0.05) is 12.0 Å². The van der Waals surface area contributed by atoms with Gasteiger partial charge in [0.1, 0.15) is 6.10 Å². The normalized spacial score (nSPS) is 15.9. The number of aliphatic hydroxyl groups excluding tert-OH is 1. The molecular weight excluding hydrogens is 544 g/mol. The van der Waals surface area contributed by atoms with Gasteiger partial charge in [-0.15, -0.1) is 0 Å². The van der Waals surface area contributed by atoms with Crippen LogP contribution in [0.3, 0.4) is 0 Å². The smallest absolute Gasteiger partial charge is 0.384 e. The van der Waals surface area contributed by atoms with E-state index in [0.717, 1.165) is 6.92 Å². The van der Waals surface area contributed by atoms with Gasteiger partial charge in [0.05, 0.1) is 6.61 Å². The van der Waals surface area contributed by atoms with Crippen LogP contribution < -0.4 is 0 Å². The van der Waals surface area contributed by atoms with Crippen molar-refractivity contribution in [3.05, 3.63) is 12.2 Å². The molecule has 3 nitrogen and oxygen atoms in total. The molecule has 1 unspecified atom stereocenters. The number of alkyl halides is 16. The lowest BCUT2D eigenvalue weighted by Gasteiger charge is -2.42. The standard InChI is InChI=1S/C16H14F16O3/c1-6(2)8(34)35-7(5-33)3-4-10(19,20)12(23,24)14(27,28)16(31,32)15(29,30)13(25,26)11(21,22)9(17)18/h7,9,33H,1,3-5H2,2H3. The molecule has 35 heavy (non-hydrogen) atoms. The zero-order valence-electron chi connectivity index (χ0n) is 16.8. The Kier molecular flexibility index (Phi) is 9.29. The summed E-state index contributed by atoms with van der Waals surface area (Å²) in [7, 11) is 0. The van der Waals surface area contributed by atoms with E-state index in [2.05, 4.69) is 11.3 Å². The zero-order chi connectivity index (χ0) is 28.6. The maximum atomic E-state index is 13.8. The summed E-state index contributed by atoms with van der Waals surface area (Å²) in [6.07, 6.45) is -12.6. The highest BCUT2D eigenvalue weighted by atomic mass is 19.4. The second kappa shape index (κ2) is 9.84. The highest BCUT2D eigenvalue weighted by Crippen LogP contribution is 2.63. The summed E-state index contributed by atoms with van der Waals surface area (Å²) in [5.41, 5.74) is -0.463. The second-order valence-electron chi connectivity index (χ2n) is 7.03. The van der Waals surface area contributed by atoms with E-state index in [-0.39, 0.29) is 0 Å². The summed E-state index contributed by atoms with van der Waals surface area (Å²) in [6, 6.07) is 0. The second-order valence-corrected chi connectivity index (χ2v) is 7.03. The molecule has 0 amide bonds. The summed E-state index contributed by atoms with van der Waals surface area (Å²) in [5, 5.41) is 8.84. The number of rotatable bonds is 13. The van der Waals surface area contributed by atoms with E-state index in [0.29, 0.717) is 0 Å². The predicted octanol–water partition coefficient (Wildman–Crippen LogP) is 5.96. The Morgan fingerprint density at radius 3 is 1.49 bits per heavy atom. The number of aliphatic hydroxyl groups is 1. The molecule has 0 aromatic carbocycles. The monoisotopic (exact) mass is 558 g/mol. The Hall–Kier alpha value is -1.95. The summed E-state index contributed by atoms with van der Waals surface area (Å²) in [6.45, 7) is 2.48. The van der Waals surface area contributed by atoms with Crippen molar-refractivity contribution >= 4 is 5.97 Å². The molecule has 0 aromatic rings. The fourth-order valence-corrected chi connectivity index (χ4v) is 2.11. The van der Waals surface area contributed by atoms with Crippen LogP contribution in [-0.2, 0) is 9.53 Å². The quantitative estimate of drug-likeness (QED) is 0.173. The maximum absolute atomic E-state index is 13.8. The van der Waals surface area contributed by atoms with Crippen molar-refractivity contribution in [3.63, 3.8) is 0 Å². The molecule has 0 bridgehead atoms. The van der Waals surface area contributed by atoms with Gasteiger partial charge >= 0.3 is 53.9 Å². The number of hydrogen-bond acceptors (Lipinski definition) is 3. The van der Waals surface area contributed by atoms with Crippen LogP contribution in [0.4, 0.5) is 70.2 Å². The van der Waals surface area contributed by atoms with Crippen molar-refractivity contribution in [3.8, 4) is 0 Å². The van der Waals surface area contributed by atoms with E-state index >= 15 is 0 Å². The molecule has 0 saturated carbocycles. The van der Waals surface area contributed by atoms with Crippen LogP contribution in [0.15, 0.2) is 12.2 Å². The number of hydrogen-bond donors (Lipinski definition) is 1. The summed E-state index contributed by atoms with van der Waals surface area (Å²) in [4.78, 5) is 11.2. The molecular formula is C16H14F16O3. The van der Waals surface area contributed by atoms with Gasteiger partial charge in [-0.2, -0.15) is 61.5 Å². The van der Waals surface area contributed by atoms with Crippen LogP contribution in [0.1, 0.15) is 19.8 Å². The maximum Gasteiger partial charge on any atom is 0.384 e. The molecule has 1 N–H and O–H groups in total. The lowest BCUT2D eigenvalue weighted by molar-refractivity contribution is -0.447. The summed E-state index contributed by atoms with van der Waals surface area (Å²) in [5.74, 6) is -56.5. The molecule has 0 heterocycles. The highest BCUT2D eigenvalue weighted by Gasteiger charge is 2.93. The Labute approximate surface area is 184 Å². The summed E-state index contributed by atoms with van der Waals surface area (Å²) >= 11 is 0. The third kappa shape index (κ3) is 5.28. The molecule has 0 aliphatic rings. The minimum Gasteiger partial charge on any atom is -0.457 e. The van der Waals surface area contributed by atoms with Crippen molar-refractivity contribution in [2.75, 3.05) is 6.61 Å². The van der Waals surface area contributed by atoms with Gasteiger partial charge in [0.15, 0.2) is 0 Å². The van der Waals surface area contributed by atoms with Crippen molar-refractivity contribution in [1.29, 1.82) is 0 Å². The predicted molar refractivity (Wildman–Crippen MR) is 81.6 cm³/mol. The fourth-order valence-electron chi connectivity index (χ4n) is 2.11. The first-order chi connectivity index (χ1) is 15.2. The minimum atomic E-state index is -8.47. The van der Waals surface area contributed by atoms with Gasteiger partial charge in [-0.05, 0) is 13.3 Å².